The summed E-state index contributed by atoms with van der Waals surface area (Å²) in [6, 6.07) is 10.9. The average molecular weight is 257 g/mol. The lowest BCUT2D eigenvalue weighted by Gasteiger charge is -2.13. The van der Waals surface area contributed by atoms with Crippen molar-refractivity contribution < 1.29 is 9.84 Å². The Labute approximate surface area is 113 Å². The van der Waals surface area contributed by atoms with Crippen molar-refractivity contribution >= 4 is 0 Å². The maximum absolute atomic E-state index is 9.26. The van der Waals surface area contributed by atoms with Gasteiger partial charge in [-0.05, 0) is 67.8 Å². The van der Waals surface area contributed by atoms with Gasteiger partial charge in [-0.1, -0.05) is 12.1 Å². The fraction of sp³-hybridized carbons (Fsp3) is 0.250. The minimum atomic E-state index is 0.235. The average Bonchev–Trinajstić information content (AvgIpc) is 2.36. The van der Waals surface area contributed by atoms with Gasteiger partial charge in [0, 0.05) is 0 Å². The van der Waals surface area contributed by atoms with E-state index in [4.69, 9.17) is 10.5 Å². The summed E-state index contributed by atoms with van der Waals surface area (Å²) in [6.07, 6.45) is 0.876. The second-order valence-electron chi connectivity index (χ2n) is 4.69. The predicted molar refractivity (Wildman–Crippen MR) is 76.9 cm³/mol. The van der Waals surface area contributed by atoms with Gasteiger partial charge in [-0.2, -0.15) is 0 Å². The van der Waals surface area contributed by atoms with Crippen LogP contribution in [-0.2, 0) is 6.42 Å². The fourth-order valence-corrected chi connectivity index (χ4v) is 2.14. The first-order valence-corrected chi connectivity index (χ1v) is 6.37. The van der Waals surface area contributed by atoms with Gasteiger partial charge >= 0.3 is 0 Å². The molecule has 2 rings (SSSR count). The minimum Gasteiger partial charge on any atom is -0.508 e. The highest BCUT2D eigenvalue weighted by atomic mass is 16.5. The number of hydrogen-bond donors (Lipinski definition) is 2. The summed E-state index contributed by atoms with van der Waals surface area (Å²) in [5.74, 6) is 1.82. The predicted octanol–water partition coefficient (Wildman–Crippen LogP) is 3.30. The highest BCUT2D eigenvalue weighted by molar-refractivity contribution is 5.46. The van der Waals surface area contributed by atoms with E-state index in [1.165, 1.54) is 5.56 Å². The number of nitrogens with two attached hydrogens (primary N) is 1. The Kier molecular flexibility index (Phi) is 4.07. The van der Waals surface area contributed by atoms with Crippen molar-refractivity contribution in [1.82, 2.24) is 0 Å². The summed E-state index contributed by atoms with van der Waals surface area (Å²) in [7, 11) is 0. The van der Waals surface area contributed by atoms with E-state index in [0.29, 0.717) is 6.54 Å². The molecule has 0 fully saturated rings. The zero-order valence-corrected chi connectivity index (χ0v) is 11.3. The number of aromatic hydroxyl groups is 1. The molecule has 0 amide bonds. The lowest BCUT2D eigenvalue weighted by atomic mass is 10.0. The molecular formula is C16H19NO2. The van der Waals surface area contributed by atoms with Crippen molar-refractivity contribution in [2.24, 2.45) is 5.73 Å². The van der Waals surface area contributed by atoms with Crippen molar-refractivity contribution in [3.8, 4) is 17.2 Å². The van der Waals surface area contributed by atoms with E-state index in [1.807, 2.05) is 13.8 Å². The van der Waals surface area contributed by atoms with Crippen LogP contribution in [0.5, 0.6) is 17.2 Å². The van der Waals surface area contributed by atoms with E-state index >= 15 is 0 Å². The largest absolute Gasteiger partial charge is 0.508 e. The molecule has 0 bridgehead atoms. The van der Waals surface area contributed by atoms with Gasteiger partial charge in [0.2, 0.25) is 0 Å². The molecule has 3 nitrogen and oxygen atoms in total. The Morgan fingerprint density at radius 1 is 1.05 bits per heavy atom. The highest BCUT2D eigenvalue weighted by Gasteiger charge is 2.07. The third-order valence-electron chi connectivity index (χ3n) is 3.01. The normalized spacial score (nSPS) is 10.5. The molecular weight excluding hydrogens is 238 g/mol. The van der Waals surface area contributed by atoms with Crippen molar-refractivity contribution in [2.45, 2.75) is 20.3 Å². The monoisotopic (exact) mass is 257 g/mol. The van der Waals surface area contributed by atoms with Crippen molar-refractivity contribution in [2.75, 3.05) is 6.54 Å². The quantitative estimate of drug-likeness (QED) is 0.883. The molecule has 19 heavy (non-hydrogen) atoms. The summed E-state index contributed by atoms with van der Waals surface area (Å²) in [5, 5.41) is 9.26. The molecule has 0 spiro atoms. The number of aryl methyl sites for hydroxylation is 2. The van der Waals surface area contributed by atoms with Gasteiger partial charge in [-0.3, -0.25) is 0 Å². The van der Waals surface area contributed by atoms with Crippen LogP contribution in [0.1, 0.15) is 16.7 Å². The van der Waals surface area contributed by atoms with Gasteiger partial charge in [0.15, 0.2) is 0 Å². The van der Waals surface area contributed by atoms with Crippen LogP contribution in [0.4, 0.5) is 0 Å². The van der Waals surface area contributed by atoms with Gasteiger partial charge in [-0.15, -0.1) is 0 Å². The van der Waals surface area contributed by atoms with Crippen molar-refractivity contribution in [1.29, 1.82) is 0 Å². The molecule has 0 atom stereocenters. The van der Waals surface area contributed by atoms with Crippen LogP contribution in [0.2, 0.25) is 0 Å². The molecule has 0 heterocycles. The van der Waals surface area contributed by atoms with Crippen LogP contribution in [0, 0.1) is 13.8 Å². The lowest BCUT2D eigenvalue weighted by molar-refractivity contribution is 0.461. The first-order valence-electron chi connectivity index (χ1n) is 6.37. The molecule has 0 unspecified atom stereocenters. The number of benzene rings is 2. The van der Waals surface area contributed by atoms with Crippen LogP contribution in [0.25, 0.3) is 0 Å². The number of phenolic OH excluding ortho intramolecular Hbond substituents is 1. The van der Waals surface area contributed by atoms with E-state index < -0.39 is 0 Å². The first-order chi connectivity index (χ1) is 9.10. The molecule has 0 aromatic heterocycles. The second-order valence-corrected chi connectivity index (χ2v) is 4.69. The summed E-state index contributed by atoms with van der Waals surface area (Å²) in [4.78, 5) is 0. The molecule has 0 saturated heterocycles. The minimum absolute atomic E-state index is 0.235. The number of ether oxygens (including phenoxy) is 1. The fourth-order valence-electron chi connectivity index (χ4n) is 2.14. The zero-order valence-electron chi connectivity index (χ0n) is 11.3. The van der Waals surface area contributed by atoms with E-state index in [1.54, 1.807) is 24.3 Å². The molecule has 3 N–H and O–H groups in total. The Bertz CT molecular complexity index is 538. The van der Waals surface area contributed by atoms with Gasteiger partial charge in [0.1, 0.15) is 17.2 Å². The maximum atomic E-state index is 9.26. The van der Waals surface area contributed by atoms with Crippen LogP contribution in [0.15, 0.2) is 36.4 Å². The van der Waals surface area contributed by atoms with E-state index in [9.17, 15) is 5.11 Å². The van der Waals surface area contributed by atoms with Crippen LogP contribution >= 0.6 is 0 Å². The lowest BCUT2D eigenvalue weighted by Crippen LogP contribution is -2.03. The van der Waals surface area contributed by atoms with Crippen molar-refractivity contribution in [3.63, 3.8) is 0 Å². The molecule has 0 aliphatic rings. The molecule has 100 valence electrons. The number of rotatable bonds is 4. The number of hydrogen-bond acceptors (Lipinski definition) is 3. The Balaban J connectivity index is 2.27. The molecule has 3 heteroatoms. The standard InChI is InChI=1S/C16H19NO2/c1-11-9-13(7-8-17)10-12(2)16(11)19-15-5-3-14(18)4-6-15/h3-6,9-10,18H,7-8,17H2,1-2H3. The van der Waals surface area contributed by atoms with Crippen LogP contribution < -0.4 is 10.5 Å². The Morgan fingerprint density at radius 3 is 2.16 bits per heavy atom. The zero-order chi connectivity index (χ0) is 13.8. The summed E-state index contributed by atoms with van der Waals surface area (Å²) < 4.78 is 5.89. The summed E-state index contributed by atoms with van der Waals surface area (Å²) in [6.45, 7) is 4.71. The molecule has 0 aliphatic heterocycles. The van der Waals surface area contributed by atoms with E-state index in [0.717, 1.165) is 29.0 Å². The molecule has 0 saturated carbocycles. The third-order valence-corrected chi connectivity index (χ3v) is 3.01. The third kappa shape index (κ3) is 3.26. The van der Waals surface area contributed by atoms with Gasteiger partial charge in [0.25, 0.3) is 0 Å². The molecule has 0 aliphatic carbocycles. The van der Waals surface area contributed by atoms with Gasteiger partial charge < -0.3 is 15.6 Å². The summed E-state index contributed by atoms with van der Waals surface area (Å²) in [5.41, 5.74) is 9.00. The first kappa shape index (κ1) is 13.4. The molecule has 0 radical (unpaired) electrons. The maximum Gasteiger partial charge on any atom is 0.133 e. The van der Waals surface area contributed by atoms with Gasteiger partial charge in [-0.25, -0.2) is 0 Å². The Morgan fingerprint density at radius 2 is 1.63 bits per heavy atom. The van der Waals surface area contributed by atoms with Crippen LogP contribution in [-0.4, -0.2) is 11.7 Å². The second kappa shape index (κ2) is 5.76. The summed E-state index contributed by atoms with van der Waals surface area (Å²) >= 11 is 0. The van der Waals surface area contributed by atoms with E-state index in [-0.39, 0.29) is 5.75 Å². The van der Waals surface area contributed by atoms with Crippen molar-refractivity contribution in [3.05, 3.63) is 53.1 Å². The van der Waals surface area contributed by atoms with E-state index in [2.05, 4.69) is 12.1 Å². The van der Waals surface area contributed by atoms with Gasteiger partial charge in [0.05, 0.1) is 0 Å². The smallest absolute Gasteiger partial charge is 0.133 e. The SMILES string of the molecule is Cc1cc(CCN)cc(C)c1Oc1ccc(O)cc1. The molecule has 2 aromatic rings. The molecule has 2 aromatic carbocycles. The Hall–Kier alpha value is -2.00. The van der Waals surface area contributed by atoms with Crippen LogP contribution in [0.3, 0.4) is 0 Å². The topological polar surface area (TPSA) is 55.5 Å². The number of phenols is 1. The highest BCUT2D eigenvalue weighted by Crippen LogP contribution is 2.30.